The van der Waals surface area contributed by atoms with Gasteiger partial charge in [0.25, 0.3) is 5.91 Å². The molecule has 2 atom stereocenters. The maximum Gasteiger partial charge on any atom is 0.258 e. The van der Waals surface area contributed by atoms with Crippen molar-refractivity contribution in [3.05, 3.63) is 87.8 Å². The largest absolute Gasteiger partial charge is 0.490 e. The summed E-state index contributed by atoms with van der Waals surface area (Å²) in [6.07, 6.45) is 2.92. The second kappa shape index (κ2) is 10.2. The predicted octanol–water partition coefficient (Wildman–Crippen LogP) is 4.40. The first-order valence-electron chi connectivity index (χ1n) is 11.9. The number of carbonyl (C=O) groups excluding carboxylic acids is 1. The van der Waals surface area contributed by atoms with Crippen molar-refractivity contribution in [3.63, 3.8) is 0 Å². The highest BCUT2D eigenvalue weighted by atomic mass is 35.5. The Morgan fingerprint density at radius 2 is 1.89 bits per heavy atom. The number of aromatic nitrogens is 3. The third kappa shape index (κ3) is 4.95. The van der Waals surface area contributed by atoms with Crippen LogP contribution >= 0.6 is 11.6 Å². The number of imidazole rings is 1. The molecular weight excluding hydrogens is 537 g/mol. The topological polar surface area (TPSA) is 94.5 Å². The van der Waals surface area contributed by atoms with Crippen molar-refractivity contribution < 1.29 is 13.9 Å². The highest BCUT2D eigenvalue weighted by molar-refractivity contribution is 6.31. The van der Waals surface area contributed by atoms with Crippen LogP contribution in [0.5, 0.6) is 5.75 Å². The molecule has 4 rings (SSSR count). The van der Waals surface area contributed by atoms with E-state index in [1.807, 2.05) is 44.2 Å². The molecule has 194 valence electrons. The van der Waals surface area contributed by atoms with Crippen molar-refractivity contribution in [1.29, 1.82) is 0 Å². The Hall–Kier alpha value is -3.22. The lowest BCUT2D eigenvalue weighted by Gasteiger charge is -2.31. The normalized spacial score (nSPS) is 14.8. The van der Waals surface area contributed by atoms with Crippen LogP contribution in [0.15, 0.2) is 48.8 Å². The second-order valence-electron chi connectivity index (χ2n) is 9.71. The first kappa shape index (κ1) is 27.8. The summed E-state index contributed by atoms with van der Waals surface area (Å²) < 4.78 is 23.6. The Morgan fingerprint density at radius 3 is 2.53 bits per heavy atom. The molecule has 0 spiro atoms. The van der Waals surface area contributed by atoms with Crippen molar-refractivity contribution in [3.8, 4) is 5.75 Å². The van der Waals surface area contributed by atoms with Gasteiger partial charge in [-0.25, -0.2) is 14.4 Å². The number of fused-ring (bicyclic) bond motifs is 1. The number of benzene rings is 2. The Balaban J connectivity index is 1.92. The summed E-state index contributed by atoms with van der Waals surface area (Å²) in [4.78, 5) is 22.6. The standard InChI is InChI=1S/C27H27ClFN5O2Si2/c1-14(2)36-22-17(26(4,37)25-32-15(3)21-23(30)31-11-12-34(21)25)13-18(28)20(29)19(22)24(35)33-27(5,38)16-9-7-6-8-10-16/h6-14H,1-5H3,(H2,30,31)(H,33,35)/t26-,27-/m0/s1. The van der Waals surface area contributed by atoms with E-state index >= 15 is 4.39 Å². The molecule has 0 aliphatic rings. The van der Waals surface area contributed by atoms with Gasteiger partial charge in [0.05, 0.1) is 27.1 Å². The van der Waals surface area contributed by atoms with Gasteiger partial charge in [-0.3, -0.25) is 9.20 Å². The van der Waals surface area contributed by atoms with Crippen LogP contribution in [0.3, 0.4) is 0 Å². The molecule has 6 radical (unpaired) electrons. The van der Waals surface area contributed by atoms with Gasteiger partial charge in [-0.2, -0.15) is 0 Å². The molecule has 0 fully saturated rings. The van der Waals surface area contributed by atoms with E-state index in [9.17, 15) is 4.79 Å². The fourth-order valence-corrected chi connectivity index (χ4v) is 5.24. The average molecular weight is 564 g/mol. The smallest absolute Gasteiger partial charge is 0.258 e. The molecule has 2 aromatic heterocycles. The molecule has 0 saturated heterocycles. The highest BCUT2D eigenvalue weighted by Gasteiger charge is 2.38. The summed E-state index contributed by atoms with van der Waals surface area (Å²) in [6.45, 7) is 8.99. The van der Waals surface area contributed by atoms with Crippen LogP contribution in [0.2, 0.25) is 5.02 Å². The number of hydrogen-bond donors (Lipinski definition) is 2. The van der Waals surface area contributed by atoms with E-state index in [4.69, 9.17) is 27.1 Å². The number of halogens is 2. The van der Waals surface area contributed by atoms with Gasteiger partial charge in [-0.15, -0.1) is 0 Å². The van der Waals surface area contributed by atoms with Gasteiger partial charge in [0, 0.05) is 38.4 Å². The number of amides is 1. The van der Waals surface area contributed by atoms with Crippen LogP contribution < -0.4 is 15.8 Å². The number of nitrogen functional groups attached to an aromatic ring is 1. The minimum absolute atomic E-state index is 0.0452. The molecule has 2 heterocycles. The Bertz CT molecular complexity index is 1520. The minimum atomic E-state index is -1.09. The summed E-state index contributed by atoms with van der Waals surface area (Å²) >= 11 is 6.40. The molecule has 0 aliphatic carbocycles. The third-order valence-electron chi connectivity index (χ3n) is 6.21. The fourth-order valence-electron chi connectivity index (χ4n) is 4.39. The third-order valence-corrected chi connectivity index (χ3v) is 7.39. The number of carbonyl (C=O) groups is 1. The lowest BCUT2D eigenvalue weighted by Crippen LogP contribution is -2.44. The van der Waals surface area contributed by atoms with Crippen molar-refractivity contribution in [2.24, 2.45) is 0 Å². The maximum atomic E-state index is 15.7. The lowest BCUT2D eigenvalue weighted by molar-refractivity contribution is 0.0919. The molecule has 3 N–H and O–H groups in total. The van der Waals surface area contributed by atoms with Gasteiger partial charge >= 0.3 is 0 Å². The fraction of sp³-hybridized carbons (Fsp3) is 0.296. The average Bonchev–Trinajstić information content (AvgIpc) is 3.19. The lowest BCUT2D eigenvalue weighted by atomic mass is 9.94. The molecule has 7 nitrogen and oxygen atoms in total. The SMILES string of the molecule is Cc1nc([C@@](C)([Si])c2cc(Cl)c(F)c(C(=O)N[C@@](C)([Si])c3ccccc3)c2OC(C)C)n2ccnc(N)c12. The van der Waals surface area contributed by atoms with Crippen molar-refractivity contribution in [2.45, 2.75) is 50.9 Å². The molecule has 11 heteroatoms. The molecule has 0 unspecified atom stereocenters. The molecule has 0 aliphatic heterocycles. The Morgan fingerprint density at radius 1 is 1.24 bits per heavy atom. The molecule has 2 aromatic carbocycles. The molecule has 4 aromatic rings. The quantitative estimate of drug-likeness (QED) is 0.325. The van der Waals surface area contributed by atoms with Crippen molar-refractivity contribution >= 4 is 49.3 Å². The van der Waals surface area contributed by atoms with Gasteiger partial charge in [0.2, 0.25) is 0 Å². The van der Waals surface area contributed by atoms with Crippen molar-refractivity contribution in [2.75, 3.05) is 5.73 Å². The van der Waals surface area contributed by atoms with E-state index in [0.717, 1.165) is 5.56 Å². The summed E-state index contributed by atoms with van der Waals surface area (Å²) in [7, 11) is 7.49. The zero-order valence-corrected chi connectivity index (χ0v) is 24.4. The van der Waals surface area contributed by atoms with E-state index in [0.29, 0.717) is 28.4 Å². The minimum Gasteiger partial charge on any atom is -0.490 e. The number of nitrogens with one attached hydrogen (secondary N) is 1. The summed E-state index contributed by atoms with van der Waals surface area (Å²) in [5, 5.41) is 0.544. The van der Waals surface area contributed by atoms with Gasteiger partial charge in [-0.05, 0) is 39.3 Å². The van der Waals surface area contributed by atoms with Crippen LogP contribution in [-0.4, -0.2) is 46.9 Å². The van der Waals surface area contributed by atoms with Crippen LogP contribution in [0.4, 0.5) is 10.2 Å². The summed E-state index contributed by atoms with van der Waals surface area (Å²) in [6, 6.07) is 10.7. The summed E-state index contributed by atoms with van der Waals surface area (Å²) in [5.41, 5.74) is 8.29. The number of hydrogen-bond acceptors (Lipinski definition) is 5. The molecular formula is C27H27ClFN5O2Si2. The number of nitrogens with zero attached hydrogens (tertiary/aromatic N) is 3. The highest BCUT2D eigenvalue weighted by Crippen LogP contribution is 2.42. The number of rotatable bonds is 7. The summed E-state index contributed by atoms with van der Waals surface area (Å²) in [5.74, 6) is -0.710. The van der Waals surface area contributed by atoms with E-state index in [-0.39, 0.29) is 22.4 Å². The van der Waals surface area contributed by atoms with Crippen molar-refractivity contribution in [1.82, 2.24) is 19.7 Å². The maximum absolute atomic E-state index is 15.7. The second-order valence-corrected chi connectivity index (χ2v) is 12.1. The zero-order valence-electron chi connectivity index (χ0n) is 21.7. The van der Waals surface area contributed by atoms with E-state index < -0.39 is 21.9 Å². The first-order valence-corrected chi connectivity index (χ1v) is 13.3. The predicted molar refractivity (Wildman–Crippen MR) is 149 cm³/mol. The van der Waals surface area contributed by atoms with Gasteiger partial charge in [-0.1, -0.05) is 48.9 Å². The van der Waals surface area contributed by atoms with Crippen LogP contribution in [0.25, 0.3) is 5.52 Å². The van der Waals surface area contributed by atoms with Gasteiger partial charge in [0.1, 0.15) is 28.5 Å². The first-order chi connectivity index (χ1) is 17.8. The van der Waals surface area contributed by atoms with Crippen LogP contribution in [-0.2, 0) is 10.2 Å². The Kier molecular flexibility index (Phi) is 7.43. The number of ether oxygens (including phenoxy) is 1. The molecule has 0 saturated carbocycles. The Labute approximate surface area is 232 Å². The van der Waals surface area contributed by atoms with Crippen LogP contribution in [0.1, 0.15) is 60.7 Å². The molecule has 0 bridgehead atoms. The number of anilines is 1. The van der Waals surface area contributed by atoms with Gasteiger partial charge < -0.3 is 15.8 Å². The molecule has 38 heavy (non-hydrogen) atoms. The van der Waals surface area contributed by atoms with E-state index in [1.165, 1.54) is 6.07 Å². The van der Waals surface area contributed by atoms with Crippen LogP contribution in [0, 0.1) is 12.7 Å². The monoisotopic (exact) mass is 563 g/mol. The van der Waals surface area contributed by atoms with E-state index in [1.54, 1.807) is 37.6 Å². The zero-order chi connectivity index (χ0) is 28.0. The van der Waals surface area contributed by atoms with Gasteiger partial charge in [0.15, 0.2) is 5.82 Å². The molecule has 1 amide bonds. The number of aryl methyl sites for hydroxylation is 1. The number of nitrogens with two attached hydrogens (primary N) is 1. The van der Waals surface area contributed by atoms with E-state index in [2.05, 4.69) is 30.8 Å².